The molecular weight excluding hydrogens is 327 g/mol. The molecule has 2 aromatic rings. The van der Waals surface area contributed by atoms with E-state index < -0.39 is 21.5 Å². The molecule has 3 rings (SSSR count). The first-order valence-electron chi connectivity index (χ1n) is 6.95. The third-order valence-corrected chi connectivity index (χ3v) is 3.98. The number of nitrogens with one attached hydrogen (secondary N) is 1. The van der Waals surface area contributed by atoms with Crippen molar-refractivity contribution in [2.24, 2.45) is 0 Å². The van der Waals surface area contributed by atoms with Crippen LogP contribution in [0.3, 0.4) is 0 Å². The van der Waals surface area contributed by atoms with Crippen LogP contribution in [0.4, 0.5) is 10.1 Å². The number of benzene rings is 1. The fourth-order valence-corrected chi connectivity index (χ4v) is 2.49. The van der Waals surface area contributed by atoms with Crippen LogP contribution in [0.5, 0.6) is 0 Å². The number of furan rings is 1. The molecule has 1 N–H and O–H groups in total. The molecule has 0 unspecified atom stereocenters. The molecule has 0 saturated heterocycles. The molecule has 0 aliphatic heterocycles. The van der Waals surface area contributed by atoms with Crippen molar-refractivity contribution in [3.63, 3.8) is 0 Å². The summed E-state index contributed by atoms with van der Waals surface area (Å²) in [4.78, 5) is 22.2. The monoisotopic (exact) mass is 338 g/mol. The van der Waals surface area contributed by atoms with Crippen LogP contribution >= 0.6 is 11.6 Å². The Kier molecular flexibility index (Phi) is 4.04. The average molecular weight is 339 g/mol. The molecule has 1 aliphatic carbocycles. The smallest absolute Gasteiger partial charge is 0.291 e. The van der Waals surface area contributed by atoms with Gasteiger partial charge in [-0.05, 0) is 30.5 Å². The van der Waals surface area contributed by atoms with Gasteiger partial charge in [-0.2, -0.15) is 0 Å². The molecule has 1 saturated carbocycles. The molecule has 120 valence electrons. The maximum atomic E-state index is 13.6. The maximum Gasteiger partial charge on any atom is 0.291 e. The Bertz CT molecular complexity index is 786. The van der Waals surface area contributed by atoms with Crippen molar-refractivity contribution < 1.29 is 18.5 Å². The van der Waals surface area contributed by atoms with Crippen molar-refractivity contribution in [3.8, 4) is 0 Å². The molecule has 1 heterocycles. The number of nitro benzene ring substituents is 1. The van der Waals surface area contributed by atoms with Crippen LogP contribution < -0.4 is 5.32 Å². The number of nitro groups is 1. The second-order valence-electron chi connectivity index (χ2n) is 5.32. The van der Waals surface area contributed by atoms with Crippen molar-refractivity contribution in [1.82, 2.24) is 5.32 Å². The summed E-state index contributed by atoms with van der Waals surface area (Å²) in [6.45, 7) is -0.0525. The third kappa shape index (κ3) is 3.19. The van der Waals surface area contributed by atoms with Gasteiger partial charge in [-0.15, -0.1) is 0 Å². The van der Waals surface area contributed by atoms with E-state index in [0.29, 0.717) is 11.3 Å². The first-order valence-corrected chi connectivity index (χ1v) is 7.33. The summed E-state index contributed by atoms with van der Waals surface area (Å²) >= 11 is 5.55. The molecule has 1 aromatic heterocycles. The van der Waals surface area contributed by atoms with E-state index in [0.717, 1.165) is 25.0 Å². The van der Waals surface area contributed by atoms with E-state index >= 15 is 0 Å². The zero-order valence-corrected chi connectivity index (χ0v) is 12.6. The molecule has 8 heteroatoms. The fraction of sp³-hybridized carbons (Fsp3) is 0.267. The second kappa shape index (κ2) is 6.00. The van der Waals surface area contributed by atoms with Gasteiger partial charge in [0.1, 0.15) is 11.6 Å². The number of carbonyl (C=O) groups excluding carboxylic acids is 1. The highest BCUT2D eigenvalue weighted by molar-refractivity contribution is 6.32. The van der Waals surface area contributed by atoms with Crippen LogP contribution in [0.25, 0.3) is 0 Å². The summed E-state index contributed by atoms with van der Waals surface area (Å²) in [6, 6.07) is 3.78. The second-order valence-corrected chi connectivity index (χ2v) is 5.70. The molecule has 0 radical (unpaired) electrons. The highest BCUT2D eigenvalue weighted by atomic mass is 35.5. The van der Waals surface area contributed by atoms with E-state index in [2.05, 4.69) is 5.32 Å². The van der Waals surface area contributed by atoms with E-state index in [1.54, 1.807) is 6.07 Å². The number of carbonyl (C=O) groups is 1. The molecule has 23 heavy (non-hydrogen) atoms. The Labute approximate surface area is 135 Å². The minimum absolute atomic E-state index is 0.0525. The first kappa shape index (κ1) is 15.5. The van der Waals surface area contributed by atoms with Gasteiger partial charge in [-0.1, -0.05) is 11.6 Å². The zero-order chi connectivity index (χ0) is 16.6. The predicted molar refractivity (Wildman–Crippen MR) is 79.9 cm³/mol. The van der Waals surface area contributed by atoms with E-state index in [1.807, 2.05) is 0 Å². The lowest BCUT2D eigenvalue weighted by molar-refractivity contribution is -0.384. The molecule has 0 spiro atoms. The van der Waals surface area contributed by atoms with Gasteiger partial charge in [0.2, 0.25) is 0 Å². The van der Waals surface area contributed by atoms with Crippen molar-refractivity contribution >= 4 is 23.2 Å². The molecule has 1 aliphatic rings. The highest BCUT2D eigenvalue weighted by Gasteiger charge is 2.31. The van der Waals surface area contributed by atoms with Gasteiger partial charge < -0.3 is 9.73 Å². The topological polar surface area (TPSA) is 85.4 Å². The molecule has 1 fully saturated rings. The minimum Gasteiger partial charge on any atom is -0.468 e. The van der Waals surface area contributed by atoms with Crippen molar-refractivity contribution in [3.05, 3.63) is 62.3 Å². The lowest BCUT2D eigenvalue weighted by Crippen LogP contribution is -2.23. The number of hydrogen-bond donors (Lipinski definition) is 1. The number of amides is 1. The van der Waals surface area contributed by atoms with Crippen LogP contribution in [0.2, 0.25) is 5.02 Å². The summed E-state index contributed by atoms with van der Waals surface area (Å²) in [7, 11) is 0. The first-order chi connectivity index (χ1) is 11.0. The lowest BCUT2D eigenvalue weighted by Gasteiger charge is -2.07. The summed E-state index contributed by atoms with van der Waals surface area (Å²) in [5.41, 5.74) is 0.165. The standard InChI is InChI=1S/C15H12ClFN2O4/c16-13-11(17)5-8(6-12(13)19(21)22)7-18-15(20)10-3-4-23-14(10)9-1-2-9/h3-6,9H,1-2,7H2,(H,18,20). The molecule has 6 nitrogen and oxygen atoms in total. The molecular formula is C15H12ClFN2O4. The molecule has 0 atom stereocenters. The van der Waals surface area contributed by atoms with Crippen molar-refractivity contribution in [2.75, 3.05) is 0 Å². The van der Waals surface area contributed by atoms with E-state index in [1.165, 1.54) is 6.26 Å². The lowest BCUT2D eigenvalue weighted by atomic mass is 10.1. The minimum atomic E-state index is -0.896. The van der Waals surface area contributed by atoms with Crippen LogP contribution in [0.1, 0.15) is 40.4 Å². The van der Waals surface area contributed by atoms with Gasteiger partial charge in [-0.3, -0.25) is 14.9 Å². The van der Waals surface area contributed by atoms with E-state index in [9.17, 15) is 19.3 Å². The largest absolute Gasteiger partial charge is 0.468 e. The normalized spacial score (nSPS) is 13.8. The Morgan fingerprint density at radius 2 is 2.22 bits per heavy atom. The summed E-state index contributed by atoms with van der Waals surface area (Å²) in [6.07, 6.45) is 3.43. The van der Waals surface area contributed by atoms with Gasteiger partial charge in [-0.25, -0.2) is 4.39 Å². The van der Waals surface area contributed by atoms with Crippen LogP contribution in [-0.2, 0) is 6.54 Å². The fourth-order valence-electron chi connectivity index (χ4n) is 2.31. The van der Waals surface area contributed by atoms with Gasteiger partial charge >= 0.3 is 0 Å². The van der Waals surface area contributed by atoms with Gasteiger partial charge in [0.15, 0.2) is 5.02 Å². The maximum absolute atomic E-state index is 13.6. The van der Waals surface area contributed by atoms with Crippen LogP contribution in [-0.4, -0.2) is 10.8 Å². The number of hydrogen-bond acceptors (Lipinski definition) is 4. The predicted octanol–water partition coefficient (Wildman–Crippen LogP) is 3.79. The number of halogens is 2. The number of rotatable bonds is 5. The highest BCUT2D eigenvalue weighted by Crippen LogP contribution is 2.42. The van der Waals surface area contributed by atoms with Crippen LogP contribution in [0, 0.1) is 15.9 Å². The zero-order valence-electron chi connectivity index (χ0n) is 11.8. The SMILES string of the molecule is O=C(NCc1cc(F)c(Cl)c([N+](=O)[O-])c1)c1ccoc1C1CC1. The van der Waals surface area contributed by atoms with Gasteiger partial charge in [0.05, 0.1) is 16.7 Å². The summed E-state index contributed by atoms with van der Waals surface area (Å²) < 4.78 is 18.9. The van der Waals surface area contributed by atoms with Crippen molar-refractivity contribution in [2.45, 2.75) is 25.3 Å². The van der Waals surface area contributed by atoms with Crippen molar-refractivity contribution in [1.29, 1.82) is 0 Å². The summed E-state index contributed by atoms with van der Waals surface area (Å²) in [5.74, 6) is -0.332. The summed E-state index contributed by atoms with van der Waals surface area (Å²) in [5, 5.41) is 12.9. The Hall–Kier alpha value is -2.41. The molecule has 0 bridgehead atoms. The van der Waals surface area contributed by atoms with E-state index in [4.69, 9.17) is 16.0 Å². The van der Waals surface area contributed by atoms with Gasteiger partial charge in [0.25, 0.3) is 11.6 Å². The molecule has 1 aromatic carbocycles. The van der Waals surface area contributed by atoms with Crippen LogP contribution in [0.15, 0.2) is 28.9 Å². The number of nitrogens with zero attached hydrogens (tertiary/aromatic N) is 1. The quantitative estimate of drug-likeness (QED) is 0.664. The average Bonchev–Trinajstić information content (AvgIpc) is 3.24. The Morgan fingerprint density at radius 1 is 1.48 bits per heavy atom. The Morgan fingerprint density at radius 3 is 2.87 bits per heavy atom. The molecule has 1 amide bonds. The van der Waals surface area contributed by atoms with Gasteiger partial charge in [0, 0.05) is 18.5 Å². The Balaban J connectivity index is 1.74. The van der Waals surface area contributed by atoms with E-state index in [-0.39, 0.29) is 23.9 Å². The third-order valence-electron chi connectivity index (χ3n) is 3.61.